The molecular weight excluding hydrogens is 416 g/mol. The van der Waals surface area contributed by atoms with E-state index in [4.69, 9.17) is 0 Å². The maximum atomic E-state index is 14.1. The molecule has 7 atom stereocenters. The second kappa shape index (κ2) is 8.45. The van der Waals surface area contributed by atoms with E-state index in [1.165, 1.54) is 36.0 Å². The fourth-order valence-corrected chi connectivity index (χ4v) is 10.0. The molecule has 4 aliphatic carbocycles. The minimum Gasteiger partial charge on any atom is -0.300 e. The second-order valence-electron chi connectivity index (χ2n) is 14.2. The van der Waals surface area contributed by atoms with Gasteiger partial charge in [0.1, 0.15) is 5.78 Å². The topological polar surface area (TPSA) is 34.1 Å². The van der Waals surface area contributed by atoms with Crippen molar-refractivity contribution in [2.45, 2.75) is 120 Å². The summed E-state index contributed by atoms with van der Waals surface area (Å²) in [5, 5.41) is 0. The van der Waals surface area contributed by atoms with Crippen LogP contribution in [0.2, 0.25) is 0 Å². The van der Waals surface area contributed by atoms with Crippen LogP contribution < -0.4 is 0 Å². The van der Waals surface area contributed by atoms with Crippen molar-refractivity contribution in [2.24, 2.45) is 45.3 Å². The molecule has 4 aliphatic rings. The van der Waals surface area contributed by atoms with Gasteiger partial charge in [-0.3, -0.25) is 9.59 Å². The number of carbonyl (C=O) groups excluding carboxylic acids is 2. The van der Waals surface area contributed by atoms with Crippen molar-refractivity contribution in [2.75, 3.05) is 0 Å². The molecule has 2 nitrogen and oxygen atoms in total. The molecule has 2 fully saturated rings. The first kappa shape index (κ1) is 25.9. The zero-order valence-electron chi connectivity index (χ0n) is 23.6. The van der Waals surface area contributed by atoms with Crippen LogP contribution >= 0.6 is 0 Å². The Bertz CT molecular complexity index is 931. The third kappa shape index (κ3) is 3.55. The Balaban J connectivity index is 1.71. The van der Waals surface area contributed by atoms with Crippen LogP contribution in [0.4, 0.5) is 0 Å². The van der Waals surface area contributed by atoms with Gasteiger partial charge in [0.25, 0.3) is 0 Å². The molecule has 2 saturated carbocycles. The first-order valence-corrected chi connectivity index (χ1v) is 14.1. The van der Waals surface area contributed by atoms with E-state index >= 15 is 0 Å². The number of ketones is 2. The number of allylic oxidation sites excluding steroid dienone is 4. The predicted molar refractivity (Wildman–Crippen MR) is 141 cm³/mol. The zero-order chi connectivity index (χ0) is 25.3. The summed E-state index contributed by atoms with van der Waals surface area (Å²) in [7, 11) is 0. The van der Waals surface area contributed by atoms with Crippen molar-refractivity contribution in [3.05, 3.63) is 22.8 Å². The molecule has 0 spiro atoms. The van der Waals surface area contributed by atoms with Gasteiger partial charge in [-0.15, -0.1) is 0 Å². The first-order valence-electron chi connectivity index (χ1n) is 14.1. The molecule has 0 aliphatic heterocycles. The van der Waals surface area contributed by atoms with Crippen molar-refractivity contribution in [1.29, 1.82) is 0 Å². The molecule has 0 radical (unpaired) electrons. The van der Waals surface area contributed by atoms with E-state index in [1.807, 2.05) is 0 Å². The van der Waals surface area contributed by atoms with E-state index in [1.54, 1.807) is 6.92 Å². The Morgan fingerprint density at radius 1 is 1.03 bits per heavy atom. The maximum Gasteiger partial charge on any atom is 0.159 e. The summed E-state index contributed by atoms with van der Waals surface area (Å²) in [6.45, 7) is 20.6. The van der Waals surface area contributed by atoms with Gasteiger partial charge in [-0.1, -0.05) is 58.8 Å². The molecule has 0 aromatic heterocycles. The first-order chi connectivity index (χ1) is 15.7. The molecule has 4 rings (SSSR count). The number of hydrogen-bond acceptors (Lipinski definition) is 2. The third-order valence-corrected chi connectivity index (χ3v) is 11.9. The maximum absolute atomic E-state index is 14.1. The Kier molecular flexibility index (Phi) is 6.43. The van der Waals surface area contributed by atoms with Crippen molar-refractivity contribution in [3.63, 3.8) is 0 Å². The van der Waals surface area contributed by atoms with Crippen LogP contribution in [0.15, 0.2) is 22.8 Å². The van der Waals surface area contributed by atoms with Gasteiger partial charge in [0, 0.05) is 17.9 Å². The lowest BCUT2D eigenvalue weighted by Crippen LogP contribution is -2.56. The van der Waals surface area contributed by atoms with Gasteiger partial charge in [-0.05, 0) is 112 Å². The molecular formula is C32H50O2. The minimum atomic E-state index is -0.0718. The van der Waals surface area contributed by atoms with Gasteiger partial charge in [0.2, 0.25) is 0 Å². The smallest absolute Gasteiger partial charge is 0.159 e. The quantitative estimate of drug-likeness (QED) is 0.381. The highest BCUT2D eigenvalue weighted by Crippen LogP contribution is 2.72. The highest BCUT2D eigenvalue weighted by molar-refractivity contribution is 6.00. The Morgan fingerprint density at radius 3 is 2.32 bits per heavy atom. The van der Waals surface area contributed by atoms with Crippen molar-refractivity contribution in [1.82, 2.24) is 0 Å². The van der Waals surface area contributed by atoms with Gasteiger partial charge in [-0.2, -0.15) is 0 Å². The zero-order valence-corrected chi connectivity index (χ0v) is 23.6. The second-order valence-corrected chi connectivity index (χ2v) is 14.2. The van der Waals surface area contributed by atoms with E-state index in [-0.39, 0.29) is 27.6 Å². The third-order valence-electron chi connectivity index (χ3n) is 11.9. The molecule has 0 aromatic rings. The number of carbonyl (C=O) groups is 2. The van der Waals surface area contributed by atoms with E-state index in [0.29, 0.717) is 29.3 Å². The lowest BCUT2D eigenvalue weighted by Gasteiger charge is -2.61. The van der Waals surface area contributed by atoms with E-state index < -0.39 is 0 Å². The van der Waals surface area contributed by atoms with E-state index in [9.17, 15) is 9.59 Å². The molecule has 190 valence electrons. The minimum absolute atomic E-state index is 0.0447. The summed E-state index contributed by atoms with van der Waals surface area (Å²) in [6, 6.07) is 0. The van der Waals surface area contributed by atoms with Crippen molar-refractivity contribution >= 4 is 11.6 Å². The summed E-state index contributed by atoms with van der Waals surface area (Å²) in [5.74, 6) is 2.60. The van der Waals surface area contributed by atoms with Crippen LogP contribution in [0.1, 0.15) is 120 Å². The number of rotatable bonds is 5. The molecule has 0 saturated heterocycles. The molecule has 34 heavy (non-hydrogen) atoms. The van der Waals surface area contributed by atoms with Crippen LogP contribution in [0.25, 0.3) is 0 Å². The van der Waals surface area contributed by atoms with Crippen LogP contribution in [0.3, 0.4) is 0 Å². The highest BCUT2D eigenvalue weighted by atomic mass is 16.1. The van der Waals surface area contributed by atoms with Gasteiger partial charge in [0.05, 0.1) is 0 Å². The number of Topliss-reactive ketones (excluding diaryl/α,β-unsaturated/α-hetero) is 2. The van der Waals surface area contributed by atoms with Crippen LogP contribution in [-0.4, -0.2) is 11.6 Å². The van der Waals surface area contributed by atoms with Gasteiger partial charge in [-0.25, -0.2) is 0 Å². The summed E-state index contributed by atoms with van der Waals surface area (Å²) in [4.78, 5) is 26.7. The summed E-state index contributed by atoms with van der Waals surface area (Å²) >= 11 is 0. The van der Waals surface area contributed by atoms with Crippen LogP contribution in [0.5, 0.6) is 0 Å². The van der Waals surface area contributed by atoms with Crippen LogP contribution in [0, 0.1) is 45.3 Å². The highest BCUT2D eigenvalue weighted by Gasteiger charge is 2.65. The largest absolute Gasteiger partial charge is 0.300 e. The standard InChI is InChI=1S/C32H50O2/c1-20(2)11-10-12-21(3)23-16-18-31(8)25-13-14-27-29(5,6)24(22(4)33)15-17-30(27,7)28(25)26(34)19-32(23,31)9/h11,21,23-24,27H,10,12-19H2,1-9H3/t21-,23-,24-,27+,30+,31+,32-/m1/s1. The number of hydrogen-bond donors (Lipinski definition) is 0. The van der Waals surface area contributed by atoms with Crippen molar-refractivity contribution in [3.8, 4) is 0 Å². The normalized spacial score (nSPS) is 41.9. The molecule has 0 aromatic carbocycles. The average Bonchev–Trinajstić information content (AvgIpc) is 2.98. The van der Waals surface area contributed by atoms with Crippen LogP contribution in [-0.2, 0) is 9.59 Å². The fourth-order valence-electron chi connectivity index (χ4n) is 10.0. The Morgan fingerprint density at radius 2 is 1.71 bits per heavy atom. The molecule has 0 unspecified atom stereocenters. The lowest BCUT2D eigenvalue weighted by molar-refractivity contribution is -0.136. The Labute approximate surface area is 209 Å². The van der Waals surface area contributed by atoms with Gasteiger partial charge < -0.3 is 0 Å². The molecule has 0 amide bonds. The lowest BCUT2D eigenvalue weighted by atomic mass is 9.42. The van der Waals surface area contributed by atoms with Gasteiger partial charge >= 0.3 is 0 Å². The number of fused-ring (bicyclic) bond motifs is 4. The SMILES string of the molecule is CC(=O)[C@H]1CC[C@]2(C)C3=C(CC[C@H]2C1(C)C)[C@]1(C)CC[C@H]([C@H](C)CCC=C(C)C)[C@@]1(C)CC3=O. The molecule has 0 N–H and O–H groups in total. The predicted octanol–water partition coefficient (Wildman–Crippen LogP) is 8.50. The average molecular weight is 467 g/mol. The summed E-state index contributed by atoms with van der Waals surface area (Å²) in [5.41, 5.74) is 4.25. The van der Waals surface area contributed by atoms with E-state index in [2.05, 4.69) is 61.5 Å². The fraction of sp³-hybridized carbons (Fsp3) is 0.812. The Hall–Kier alpha value is -1.18. The molecule has 0 heterocycles. The summed E-state index contributed by atoms with van der Waals surface area (Å²) < 4.78 is 0. The molecule has 2 heteroatoms. The van der Waals surface area contributed by atoms with E-state index in [0.717, 1.165) is 38.5 Å². The van der Waals surface area contributed by atoms with Gasteiger partial charge in [0.15, 0.2) is 5.78 Å². The molecule has 0 bridgehead atoms. The van der Waals surface area contributed by atoms with Crippen molar-refractivity contribution < 1.29 is 9.59 Å². The monoisotopic (exact) mass is 466 g/mol. The summed E-state index contributed by atoms with van der Waals surface area (Å²) in [6.07, 6.45) is 12.1.